The Balaban J connectivity index is 1.32. The minimum atomic E-state index is -4.49. The molecular weight excluding hydrogens is 557 g/mol. The van der Waals surface area contributed by atoms with Crippen LogP contribution in [0.25, 0.3) is 0 Å². The van der Waals surface area contributed by atoms with Gasteiger partial charge in [-0.2, -0.15) is 13.2 Å². The Labute approximate surface area is 249 Å². The second-order valence-corrected chi connectivity index (χ2v) is 10.9. The third-order valence-corrected chi connectivity index (χ3v) is 8.19. The second kappa shape index (κ2) is 12.9. The minimum absolute atomic E-state index is 0.0752. The summed E-state index contributed by atoms with van der Waals surface area (Å²) < 4.78 is 38.8. The van der Waals surface area contributed by atoms with Crippen molar-refractivity contribution in [3.05, 3.63) is 95.1 Å². The van der Waals surface area contributed by atoms with Crippen molar-refractivity contribution < 1.29 is 27.6 Å². The van der Waals surface area contributed by atoms with E-state index in [1.54, 1.807) is 23.1 Å². The molecule has 0 aromatic heterocycles. The van der Waals surface area contributed by atoms with Gasteiger partial charge in [-0.15, -0.1) is 0 Å². The lowest BCUT2D eigenvalue weighted by molar-refractivity contribution is -0.137. The molecule has 3 aromatic rings. The topological polar surface area (TPSA) is 73.0 Å². The molecular formula is C33H35F3N4O3. The summed E-state index contributed by atoms with van der Waals surface area (Å²) in [4.78, 5) is 45.7. The summed E-state index contributed by atoms with van der Waals surface area (Å²) in [5.41, 5.74) is 1.79. The third kappa shape index (κ3) is 6.84. The number of piperazine rings is 1. The molecule has 2 aliphatic rings. The molecule has 0 bridgehead atoms. The van der Waals surface area contributed by atoms with Crippen molar-refractivity contribution in [2.75, 3.05) is 49.5 Å². The summed E-state index contributed by atoms with van der Waals surface area (Å²) in [5, 5.41) is 2.73. The highest BCUT2D eigenvalue weighted by Gasteiger charge is 2.31. The van der Waals surface area contributed by atoms with Crippen molar-refractivity contribution in [1.29, 1.82) is 0 Å². The number of anilines is 2. The fourth-order valence-electron chi connectivity index (χ4n) is 5.79. The summed E-state index contributed by atoms with van der Waals surface area (Å²) in [6, 6.07) is 18.9. The number of hydrogen-bond donors (Lipinski definition) is 1. The monoisotopic (exact) mass is 592 g/mol. The highest BCUT2D eigenvalue weighted by Crippen LogP contribution is 2.31. The Kier molecular flexibility index (Phi) is 9.03. The van der Waals surface area contributed by atoms with Crippen molar-refractivity contribution in [2.45, 2.75) is 38.3 Å². The Bertz CT molecular complexity index is 1450. The number of nitrogens with zero attached hydrogens (tertiary/aromatic N) is 3. The highest BCUT2D eigenvalue weighted by atomic mass is 19.4. The van der Waals surface area contributed by atoms with E-state index in [9.17, 15) is 27.6 Å². The molecule has 3 aromatic carbocycles. The maximum Gasteiger partial charge on any atom is 0.416 e. The van der Waals surface area contributed by atoms with E-state index in [-0.39, 0.29) is 23.3 Å². The molecule has 10 heteroatoms. The van der Waals surface area contributed by atoms with Crippen LogP contribution in [0.15, 0.2) is 72.8 Å². The van der Waals surface area contributed by atoms with Crippen LogP contribution in [-0.4, -0.2) is 66.8 Å². The average Bonchev–Trinajstić information content (AvgIpc) is 3.57. The Morgan fingerprint density at radius 3 is 2.07 bits per heavy atom. The zero-order chi connectivity index (χ0) is 30.6. The van der Waals surface area contributed by atoms with Crippen molar-refractivity contribution in [3.63, 3.8) is 0 Å². The van der Waals surface area contributed by atoms with E-state index in [1.165, 1.54) is 0 Å². The van der Waals surface area contributed by atoms with Crippen LogP contribution in [-0.2, 0) is 11.0 Å². The number of hydrogen-bond acceptors (Lipinski definition) is 4. The van der Waals surface area contributed by atoms with Gasteiger partial charge in [-0.3, -0.25) is 14.4 Å². The maximum absolute atomic E-state index is 13.6. The molecule has 0 saturated carbocycles. The summed E-state index contributed by atoms with van der Waals surface area (Å²) in [5.74, 6) is -0.806. The summed E-state index contributed by atoms with van der Waals surface area (Å²) in [6.07, 6.45) is -1.94. The normalized spacial score (nSPS) is 16.2. The molecule has 2 aliphatic heterocycles. The van der Waals surface area contributed by atoms with Gasteiger partial charge in [-0.25, -0.2) is 0 Å². The standard InChI is InChI=1S/C33H35F3N4O3/c1-2-27(23-8-4-3-5-9-23)31(42)40-20-18-38(19-21-40)29-15-14-26(22-28(29)32(43)39-16-6-7-17-39)37-30(41)24-10-12-25(13-11-24)33(34,35)36/h3-5,8-15,22,27H,2,6-7,16-21H2,1H3,(H,37,41)/t27-/m0/s1. The number of likely N-dealkylation sites (tertiary alicyclic amines) is 1. The molecule has 2 heterocycles. The lowest BCUT2D eigenvalue weighted by Crippen LogP contribution is -2.50. The first-order valence-corrected chi connectivity index (χ1v) is 14.7. The fraction of sp³-hybridized carbons (Fsp3) is 0.364. The van der Waals surface area contributed by atoms with E-state index >= 15 is 0 Å². The number of halogens is 3. The summed E-state index contributed by atoms with van der Waals surface area (Å²) in [7, 11) is 0. The number of rotatable bonds is 7. The largest absolute Gasteiger partial charge is 0.416 e. The molecule has 0 spiro atoms. The number of carbonyl (C=O) groups is 3. The highest BCUT2D eigenvalue weighted by molar-refractivity contribution is 6.06. The Morgan fingerprint density at radius 2 is 1.47 bits per heavy atom. The van der Waals surface area contributed by atoms with Crippen LogP contribution in [0.2, 0.25) is 0 Å². The molecule has 43 heavy (non-hydrogen) atoms. The number of alkyl halides is 3. The Morgan fingerprint density at radius 1 is 0.814 bits per heavy atom. The zero-order valence-corrected chi connectivity index (χ0v) is 24.1. The van der Waals surface area contributed by atoms with E-state index in [0.29, 0.717) is 56.9 Å². The van der Waals surface area contributed by atoms with Gasteiger partial charge in [0.05, 0.1) is 17.0 Å². The molecule has 2 fully saturated rings. The van der Waals surface area contributed by atoms with Gasteiger partial charge in [0.25, 0.3) is 11.8 Å². The Hall–Kier alpha value is -4.34. The predicted octanol–water partition coefficient (Wildman–Crippen LogP) is 6.04. The van der Waals surface area contributed by atoms with Gasteiger partial charge in [-0.1, -0.05) is 37.3 Å². The van der Waals surface area contributed by atoms with Crippen LogP contribution in [0.4, 0.5) is 24.5 Å². The molecule has 2 saturated heterocycles. The van der Waals surface area contributed by atoms with Crippen LogP contribution in [0.3, 0.4) is 0 Å². The van der Waals surface area contributed by atoms with E-state index in [1.807, 2.05) is 42.2 Å². The number of benzene rings is 3. The SMILES string of the molecule is CC[C@H](C(=O)N1CCN(c2ccc(NC(=O)c3ccc(C(F)(F)F)cc3)cc2C(=O)N2CCCC2)CC1)c1ccccc1. The molecule has 1 N–H and O–H groups in total. The van der Waals surface area contributed by atoms with Crippen LogP contribution < -0.4 is 10.2 Å². The van der Waals surface area contributed by atoms with Gasteiger partial charge >= 0.3 is 6.18 Å². The lowest BCUT2D eigenvalue weighted by atomic mass is 9.94. The van der Waals surface area contributed by atoms with Gasteiger partial charge in [0.2, 0.25) is 5.91 Å². The molecule has 226 valence electrons. The first-order valence-electron chi connectivity index (χ1n) is 14.7. The smallest absolute Gasteiger partial charge is 0.367 e. The van der Waals surface area contributed by atoms with E-state index in [0.717, 1.165) is 48.4 Å². The average molecular weight is 593 g/mol. The second-order valence-electron chi connectivity index (χ2n) is 10.9. The number of carbonyl (C=O) groups excluding carboxylic acids is 3. The fourth-order valence-corrected chi connectivity index (χ4v) is 5.79. The molecule has 5 rings (SSSR count). The van der Waals surface area contributed by atoms with Crippen LogP contribution in [0, 0.1) is 0 Å². The third-order valence-electron chi connectivity index (χ3n) is 8.19. The van der Waals surface area contributed by atoms with Crippen molar-refractivity contribution >= 4 is 29.1 Å². The van der Waals surface area contributed by atoms with E-state index < -0.39 is 17.6 Å². The van der Waals surface area contributed by atoms with Crippen molar-refractivity contribution in [2.24, 2.45) is 0 Å². The number of amides is 3. The molecule has 0 aliphatic carbocycles. The summed E-state index contributed by atoms with van der Waals surface area (Å²) >= 11 is 0. The predicted molar refractivity (Wildman–Crippen MR) is 159 cm³/mol. The van der Waals surface area contributed by atoms with Gasteiger partial charge in [0, 0.05) is 56.2 Å². The molecule has 0 radical (unpaired) electrons. The van der Waals surface area contributed by atoms with Crippen molar-refractivity contribution in [1.82, 2.24) is 9.80 Å². The molecule has 7 nitrogen and oxygen atoms in total. The van der Waals surface area contributed by atoms with Gasteiger partial charge in [0.1, 0.15) is 0 Å². The zero-order valence-electron chi connectivity index (χ0n) is 24.1. The first-order chi connectivity index (χ1) is 20.7. The maximum atomic E-state index is 13.6. The van der Waals surface area contributed by atoms with Crippen LogP contribution in [0.5, 0.6) is 0 Å². The van der Waals surface area contributed by atoms with Gasteiger partial charge < -0.3 is 20.0 Å². The van der Waals surface area contributed by atoms with Crippen LogP contribution in [0.1, 0.15) is 63.9 Å². The minimum Gasteiger partial charge on any atom is -0.367 e. The molecule has 3 amide bonds. The molecule has 0 unspecified atom stereocenters. The van der Waals surface area contributed by atoms with Gasteiger partial charge in [0.15, 0.2) is 0 Å². The number of nitrogens with one attached hydrogen (secondary N) is 1. The van der Waals surface area contributed by atoms with E-state index in [2.05, 4.69) is 10.2 Å². The van der Waals surface area contributed by atoms with Crippen molar-refractivity contribution in [3.8, 4) is 0 Å². The van der Waals surface area contributed by atoms with Crippen LogP contribution >= 0.6 is 0 Å². The summed E-state index contributed by atoms with van der Waals surface area (Å²) in [6.45, 7) is 5.46. The van der Waals surface area contributed by atoms with E-state index in [4.69, 9.17) is 0 Å². The first kappa shape index (κ1) is 30.1. The lowest BCUT2D eigenvalue weighted by Gasteiger charge is -2.38. The quantitative estimate of drug-likeness (QED) is 0.363. The van der Waals surface area contributed by atoms with Gasteiger partial charge in [-0.05, 0) is 67.3 Å². The molecule has 1 atom stereocenters.